The van der Waals surface area contributed by atoms with Crippen LogP contribution in [0.4, 0.5) is 0 Å². The van der Waals surface area contributed by atoms with Gasteiger partial charge < -0.3 is 10.0 Å². The highest BCUT2D eigenvalue weighted by Crippen LogP contribution is 2.36. The highest BCUT2D eigenvalue weighted by Gasteiger charge is 2.43. The monoisotopic (exact) mass is 303 g/mol. The van der Waals surface area contributed by atoms with E-state index in [-0.39, 0.29) is 17.4 Å². The molecule has 1 amide bonds. The number of carboxylic acids is 1. The van der Waals surface area contributed by atoms with Gasteiger partial charge in [0, 0.05) is 13.1 Å². The molecule has 114 valence electrons. The van der Waals surface area contributed by atoms with E-state index in [2.05, 4.69) is 0 Å². The highest BCUT2D eigenvalue weighted by molar-refractivity contribution is 7.91. The van der Waals surface area contributed by atoms with Gasteiger partial charge in [0.2, 0.25) is 5.91 Å². The third kappa shape index (κ3) is 2.82. The van der Waals surface area contributed by atoms with Gasteiger partial charge in [-0.05, 0) is 25.7 Å². The van der Waals surface area contributed by atoms with Crippen LogP contribution in [0.15, 0.2) is 0 Å². The average Bonchev–Trinajstić information content (AvgIpc) is 2.78. The molecular weight excluding hydrogens is 282 g/mol. The maximum atomic E-state index is 12.3. The molecule has 0 aromatic heterocycles. The Morgan fingerprint density at radius 1 is 1.30 bits per heavy atom. The van der Waals surface area contributed by atoms with Crippen molar-refractivity contribution in [3.63, 3.8) is 0 Å². The Morgan fingerprint density at radius 3 is 2.30 bits per heavy atom. The van der Waals surface area contributed by atoms with Crippen molar-refractivity contribution in [2.75, 3.05) is 24.6 Å². The standard InChI is InChI=1S/C13H21NO5S/c1-2-13(12(16)17)4-6-14(7-5-13)11(15)10-3-8-20(18,19)9-10/h10H,2-9H2,1H3,(H,16,17). The first-order valence-corrected chi connectivity index (χ1v) is 8.84. The van der Waals surface area contributed by atoms with Crippen molar-refractivity contribution in [3.8, 4) is 0 Å². The lowest BCUT2D eigenvalue weighted by Crippen LogP contribution is -2.48. The van der Waals surface area contributed by atoms with E-state index in [1.54, 1.807) is 4.90 Å². The molecule has 1 unspecified atom stereocenters. The maximum absolute atomic E-state index is 12.3. The molecule has 2 rings (SSSR count). The van der Waals surface area contributed by atoms with Crippen LogP contribution in [0.5, 0.6) is 0 Å². The smallest absolute Gasteiger partial charge is 0.309 e. The Balaban J connectivity index is 1.97. The van der Waals surface area contributed by atoms with Crippen molar-refractivity contribution in [3.05, 3.63) is 0 Å². The fourth-order valence-electron chi connectivity index (χ4n) is 3.12. The lowest BCUT2D eigenvalue weighted by molar-refractivity contribution is -0.155. The van der Waals surface area contributed by atoms with E-state index in [9.17, 15) is 23.1 Å². The molecule has 0 saturated carbocycles. The molecule has 2 aliphatic rings. The number of amides is 1. The van der Waals surface area contributed by atoms with Crippen LogP contribution in [0.1, 0.15) is 32.6 Å². The molecule has 2 fully saturated rings. The van der Waals surface area contributed by atoms with E-state index in [1.165, 1.54) is 0 Å². The summed E-state index contributed by atoms with van der Waals surface area (Å²) in [7, 11) is -3.06. The second kappa shape index (κ2) is 5.35. The number of carbonyl (C=O) groups is 2. The molecule has 0 radical (unpaired) electrons. The number of sulfone groups is 1. The van der Waals surface area contributed by atoms with E-state index < -0.39 is 27.1 Å². The van der Waals surface area contributed by atoms with Gasteiger partial charge >= 0.3 is 5.97 Å². The van der Waals surface area contributed by atoms with Crippen LogP contribution in [0, 0.1) is 11.3 Å². The molecular formula is C13H21NO5S. The molecule has 0 aromatic rings. The van der Waals surface area contributed by atoms with E-state index >= 15 is 0 Å². The Morgan fingerprint density at radius 2 is 1.90 bits per heavy atom. The van der Waals surface area contributed by atoms with Crippen LogP contribution in [-0.4, -0.2) is 54.9 Å². The van der Waals surface area contributed by atoms with Crippen LogP contribution >= 0.6 is 0 Å². The van der Waals surface area contributed by atoms with Gasteiger partial charge in [-0.3, -0.25) is 9.59 Å². The van der Waals surface area contributed by atoms with Crippen LogP contribution in [0.25, 0.3) is 0 Å². The number of carboxylic acid groups (broad SMARTS) is 1. The first-order valence-electron chi connectivity index (χ1n) is 7.02. The minimum atomic E-state index is -3.06. The van der Waals surface area contributed by atoms with Gasteiger partial charge in [-0.1, -0.05) is 6.92 Å². The SMILES string of the molecule is CCC1(C(=O)O)CCN(C(=O)C2CCS(=O)(=O)C2)CC1. The normalized spacial score (nSPS) is 28.2. The summed E-state index contributed by atoms with van der Waals surface area (Å²) in [5, 5.41) is 9.31. The first kappa shape index (κ1) is 15.3. The van der Waals surface area contributed by atoms with Crippen molar-refractivity contribution in [2.24, 2.45) is 11.3 Å². The molecule has 0 spiro atoms. The minimum absolute atomic E-state index is 0.0554. The fourth-order valence-corrected chi connectivity index (χ4v) is 4.85. The van der Waals surface area contributed by atoms with Crippen LogP contribution in [0.3, 0.4) is 0 Å². The van der Waals surface area contributed by atoms with Crippen molar-refractivity contribution in [1.29, 1.82) is 0 Å². The summed E-state index contributed by atoms with van der Waals surface area (Å²) in [6.45, 7) is 2.68. The summed E-state index contributed by atoms with van der Waals surface area (Å²) in [6.07, 6.45) is 1.85. The summed E-state index contributed by atoms with van der Waals surface area (Å²) in [5.41, 5.74) is -0.724. The second-order valence-electron chi connectivity index (χ2n) is 5.86. The molecule has 2 saturated heterocycles. The number of hydrogen-bond donors (Lipinski definition) is 1. The molecule has 20 heavy (non-hydrogen) atoms. The zero-order chi connectivity index (χ0) is 15.0. The number of piperidine rings is 1. The molecule has 6 nitrogen and oxygen atoms in total. The van der Waals surface area contributed by atoms with Crippen molar-refractivity contribution < 1.29 is 23.1 Å². The molecule has 1 N–H and O–H groups in total. The summed E-state index contributed by atoms with van der Waals surface area (Å²) >= 11 is 0. The van der Waals surface area contributed by atoms with Crippen molar-refractivity contribution in [2.45, 2.75) is 32.6 Å². The van der Waals surface area contributed by atoms with Crippen molar-refractivity contribution >= 4 is 21.7 Å². The number of carbonyl (C=O) groups excluding carboxylic acids is 1. The van der Waals surface area contributed by atoms with E-state index in [0.717, 1.165) is 0 Å². The third-order valence-electron chi connectivity index (χ3n) is 4.74. The van der Waals surface area contributed by atoms with Crippen LogP contribution in [0.2, 0.25) is 0 Å². The minimum Gasteiger partial charge on any atom is -0.481 e. The number of rotatable bonds is 3. The van der Waals surface area contributed by atoms with Gasteiger partial charge in [0.1, 0.15) is 0 Å². The quantitative estimate of drug-likeness (QED) is 0.821. The predicted molar refractivity (Wildman–Crippen MR) is 72.9 cm³/mol. The van der Waals surface area contributed by atoms with Crippen molar-refractivity contribution in [1.82, 2.24) is 4.90 Å². The van der Waals surface area contributed by atoms with E-state index in [0.29, 0.717) is 38.8 Å². The molecule has 7 heteroatoms. The van der Waals surface area contributed by atoms with Gasteiger partial charge in [-0.2, -0.15) is 0 Å². The van der Waals surface area contributed by atoms with Gasteiger partial charge in [0.05, 0.1) is 22.8 Å². The lowest BCUT2D eigenvalue weighted by Gasteiger charge is -2.39. The molecule has 2 aliphatic heterocycles. The largest absolute Gasteiger partial charge is 0.481 e. The molecule has 0 bridgehead atoms. The summed E-state index contributed by atoms with van der Waals surface area (Å²) in [5.74, 6) is -1.32. The Bertz CT molecular complexity index is 505. The molecule has 2 heterocycles. The predicted octanol–water partition coefficient (Wildman–Crippen LogP) is 0.524. The van der Waals surface area contributed by atoms with Crippen LogP contribution < -0.4 is 0 Å². The Hall–Kier alpha value is -1.11. The highest BCUT2D eigenvalue weighted by atomic mass is 32.2. The Labute approximate surface area is 119 Å². The topological polar surface area (TPSA) is 91.8 Å². The number of likely N-dealkylation sites (tertiary alicyclic amines) is 1. The Kier molecular flexibility index (Phi) is 4.09. The third-order valence-corrected chi connectivity index (χ3v) is 6.51. The van der Waals surface area contributed by atoms with E-state index in [4.69, 9.17) is 0 Å². The number of aliphatic carboxylic acids is 1. The fraction of sp³-hybridized carbons (Fsp3) is 0.846. The van der Waals surface area contributed by atoms with Crippen LogP contribution in [-0.2, 0) is 19.4 Å². The maximum Gasteiger partial charge on any atom is 0.309 e. The lowest BCUT2D eigenvalue weighted by atomic mass is 9.76. The van der Waals surface area contributed by atoms with Gasteiger partial charge in [0.25, 0.3) is 0 Å². The average molecular weight is 303 g/mol. The molecule has 1 atom stereocenters. The number of nitrogens with zero attached hydrogens (tertiary/aromatic N) is 1. The summed E-state index contributed by atoms with van der Waals surface area (Å²) < 4.78 is 22.8. The zero-order valence-corrected chi connectivity index (χ0v) is 12.5. The molecule has 0 aromatic carbocycles. The molecule has 0 aliphatic carbocycles. The number of hydrogen-bond acceptors (Lipinski definition) is 4. The first-order chi connectivity index (χ1) is 9.30. The summed E-state index contributed by atoms with van der Waals surface area (Å²) in [4.78, 5) is 25.3. The zero-order valence-electron chi connectivity index (χ0n) is 11.7. The van der Waals surface area contributed by atoms with Gasteiger partial charge in [0.15, 0.2) is 9.84 Å². The summed E-state index contributed by atoms with van der Waals surface area (Å²) in [6, 6.07) is 0. The van der Waals surface area contributed by atoms with Gasteiger partial charge in [-0.15, -0.1) is 0 Å². The van der Waals surface area contributed by atoms with Gasteiger partial charge in [-0.25, -0.2) is 8.42 Å². The van der Waals surface area contributed by atoms with E-state index in [1.807, 2.05) is 6.92 Å². The second-order valence-corrected chi connectivity index (χ2v) is 8.09.